The molecule has 0 unspecified atom stereocenters. The van der Waals surface area contributed by atoms with Gasteiger partial charge in [0.25, 0.3) is 0 Å². The first-order valence-electron chi connectivity index (χ1n) is 6.20. The predicted molar refractivity (Wildman–Crippen MR) is 79.0 cm³/mol. The number of thiol groups is 1. The van der Waals surface area contributed by atoms with Gasteiger partial charge < -0.3 is 10.1 Å². The summed E-state index contributed by atoms with van der Waals surface area (Å²) in [5, 5.41) is 2.97. The van der Waals surface area contributed by atoms with Crippen LogP contribution in [0.5, 0.6) is 5.75 Å². The van der Waals surface area contributed by atoms with Crippen LogP contribution in [0.4, 0.5) is 18.9 Å². The van der Waals surface area contributed by atoms with Gasteiger partial charge in [-0.2, -0.15) is 13.2 Å². The van der Waals surface area contributed by atoms with Crippen LogP contribution in [0.3, 0.4) is 0 Å². The van der Waals surface area contributed by atoms with E-state index in [9.17, 15) is 13.2 Å². The molecule has 1 N–H and O–H groups in total. The number of nitrogens with one attached hydrogen (secondary N) is 1. The molecule has 2 rings (SSSR count). The highest BCUT2D eigenvalue weighted by molar-refractivity contribution is 7.80. The van der Waals surface area contributed by atoms with Crippen LogP contribution in [0, 0.1) is 0 Å². The molecule has 0 aliphatic rings. The maximum Gasteiger partial charge on any atom is 0.420 e. The molecule has 0 bridgehead atoms. The second-order valence-electron chi connectivity index (χ2n) is 4.37. The lowest BCUT2D eigenvalue weighted by molar-refractivity contribution is -0.139. The minimum atomic E-state index is -4.48. The van der Waals surface area contributed by atoms with E-state index in [2.05, 4.69) is 17.9 Å². The average Bonchev–Trinajstić information content (AvgIpc) is 2.45. The minimum Gasteiger partial charge on any atom is -0.488 e. The Morgan fingerprint density at radius 1 is 1.14 bits per heavy atom. The molecule has 0 amide bonds. The second kappa shape index (κ2) is 6.30. The number of hydrogen-bond donors (Lipinski definition) is 2. The maximum absolute atomic E-state index is 13.0. The Bertz CT molecular complexity index is 629. The summed E-state index contributed by atoms with van der Waals surface area (Å²) in [5.74, 6) is -0.203. The van der Waals surface area contributed by atoms with E-state index < -0.39 is 11.7 Å². The molecule has 112 valence electrons. The van der Waals surface area contributed by atoms with Crippen LogP contribution in [0.25, 0.3) is 0 Å². The average molecular weight is 313 g/mol. The predicted octanol–water partition coefficient (Wildman–Crippen LogP) is 4.61. The van der Waals surface area contributed by atoms with E-state index in [1.54, 1.807) is 19.2 Å². The smallest absolute Gasteiger partial charge is 0.420 e. The number of hydrogen-bond acceptors (Lipinski definition) is 3. The fourth-order valence-corrected chi connectivity index (χ4v) is 2.11. The van der Waals surface area contributed by atoms with Crippen molar-refractivity contribution in [3.8, 4) is 5.75 Å². The molecule has 21 heavy (non-hydrogen) atoms. The van der Waals surface area contributed by atoms with Gasteiger partial charge in [0.1, 0.15) is 12.4 Å². The largest absolute Gasteiger partial charge is 0.488 e. The summed E-state index contributed by atoms with van der Waals surface area (Å²) in [4.78, 5) is 0.241. The summed E-state index contributed by atoms with van der Waals surface area (Å²) in [6.07, 6.45) is -4.48. The van der Waals surface area contributed by atoms with E-state index in [1.807, 2.05) is 12.1 Å². The Hall–Kier alpha value is -1.82. The fourth-order valence-electron chi connectivity index (χ4n) is 1.91. The van der Waals surface area contributed by atoms with Gasteiger partial charge in [0.05, 0.1) is 5.56 Å². The normalized spacial score (nSPS) is 11.3. The van der Waals surface area contributed by atoms with E-state index in [4.69, 9.17) is 4.74 Å². The van der Waals surface area contributed by atoms with Crippen molar-refractivity contribution < 1.29 is 17.9 Å². The summed E-state index contributed by atoms with van der Waals surface area (Å²) in [6.45, 7) is 0.0476. The zero-order chi connectivity index (χ0) is 15.5. The second-order valence-corrected chi connectivity index (χ2v) is 4.89. The maximum atomic E-state index is 13.0. The van der Waals surface area contributed by atoms with E-state index in [1.165, 1.54) is 12.1 Å². The molecular weight excluding hydrogens is 299 g/mol. The Morgan fingerprint density at radius 2 is 1.86 bits per heavy atom. The fraction of sp³-hybridized carbons (Fsp3) is 0.200. The molecule has 0 atom stereocenters. The van der Waals surface area contributed by atoms with Gasteiger partial charge in [0.15, 0.2) is 0 Å². The van der Waals surface area contributed by atoms with Crippen LogP contribution >= 0.6 is 12.6 Å². The summed E-state index contributed by atoms with van der Waals surface area (Å²) in [6, 6.07) is 11.0. The van der Waals surface area contributed by atoms with Crippen molar-refractivity contribution in [3.63, 3.8) is 0 Å². The molecule has 0 spiro atoms. The van der Waals surface area contributed by atoms with Crippen molar-refractivity contribution in [1.29, 1.82) is 0 Å². The number of rotatable bonds is 4. The van der Waals surface area contributed by atoms with Gasteiger partial charge in [-0.05, 0) is 24.3 Å². The van der Waals surface area contributed by atoms with Crippen LogP contribution < -0.4 is 10.1 Å². The molecule has 0 aromatic heterocycles. The summed E-state index contributed by atoms with van der Waals surface area (Å²) < 4.78 is 44.3. The molecule has 0 radical (unpaired) electrons. The third kappa shape index (κ3) is 3.85. The van der Waals surface area contributed by atoms with Crippen LogP contribution in [-0.2, 0) is 12.8 Å². The quantitative estimate of drug-likeness (QED) is 0.804. The van der Waals surface area contributed by atoms with Gasteiger partial charge in [0, 0.05) is 23.2 Å². The van der Waals surface area contributed by atoms with E-state index in [0.717, 1.165) is 17.3 Å². The van der Waals surface area contributed by atoms with Gasteiger partial charge in [-0.3, -0.25) is 0 Å². The third-order valence-electron chi connectivity index (χ3n) is 2.94. The highest BCUT2D eigenvalue weighted by atomic mass is 32.1. The molecule has 2 aromatic carbocycles. The number of ether oxygens (including phenoxy) is 1. The first kappa shape index (κ1) is 15.6. The lowest BCUT2D eigenvalue weighted by Gasteiger charge is -2.15. The van der Waals surface area contributed by atoms with Crippen molar-refractivity contribution in [2.45, 2.75) is 17.7 Å². The monoisotopic (exact) mass is 313 g/mol. The Balaban J connectivity index is 2.24. The molecule has 0 saturated carbocycles. The van der Waals surface area contributed by atoms with Crippen molar-refractivity contribution in [1.82, 2.24) is 0 Å². The highest BCUT2D eigenvalue weighted by Crippen LogP contribution is 2.37. The Labute approximate surface area is 126 Å². The molecule has 0 saturated heterocycles. The number of benzene rings is 2. The van der Waals surface area contributed by atoms with E-state index in [-0.39, 0.29) is 17.3 Å². The minimum absolute atomic E-state index is 0.0476. The molecule has 0 heterocycles. The van der Waals surface area contributed by atoms with Crippen molar-refractivity contribution in [2.24, 2.45) is 0 Å². The van der Waals surface area contributed by atoms with Gasteiger partial charge in [-0.25, -0.2) is 0 Å². The zero-order valence-corrected chi connectivity index (χ0v) is 12.1. The molecule has 6 heteroatoms. The summed E-state index contributed by atoms with van der Waals surface area (Å²) in [7, 11) is 1.75. The van der Waals surface area contributed by atoms with E-state index in [0.29, 0.717) is 0 Å². The number of anilines is 1. The Morgan fingerprint density at radius 3 is 2.52 bits per heavy atom. The van der Waals surface area contributed by atoms with E-state index >= 15 is 0 Å². The molecule has 0 aliphatic heterocycles. The standard InChI is InChI=1S/C15H14F3NOS/c1-19-13-5-3-2-4-10(13)9-20-14-7-6-11(21)8-12(14)15(16,17)18/h2-8,19,21H,9H2,1H3. The lowest BCUT2D eigenvalue weighted by Crippen LogP contribution is -2.09. The van der Waals surface area contributed by atoms with Gasteiger partial charge in [-0.1, -0.05) is 18.2 Å². The summed E-state index contributed by atoms with van der Waals surface area (Å²) in [5.41, 5.74) is 0.775. The van der Waals surface area contributed by atoms with Crippen molar-refractivity contribution in [2.75, 3.05) is 12.4 Å². The van der Waals surface area contributed by atoms with Gasteiger partial charge in [-0.15, -0.1) is 12.6 Å². The third-order valence-corrected chi connectivity index (χ3v) is 3.22. The SMILES string of the molecule is CNc1ccccc1COc1ccc(S)cc1C(F)(F)F. The van der Waals surface area contributed by atoms with Crippen molar-refractivity contribution in [3.05, 3.63) is 53.6 Å². The zero-order valence-electron chi connectivity index (χ0n) is 11.2. The first-order valence-corrected chi connectivity index (χ1v) is 6.65. The number of alkyl halides is 3. The van der Waals surface area contributed by atoms with Crippen LogP contribution in [-0.4, -0.2) is 7.05 Å². The molecular formula is C15H14F3NOS. The molecule has 2 aromatic rings. The first-order chi connectivity index (χ1) is 9.91. The van der Waals surface area contributed by atoms with Gasteiger partial charge in [0.2, 0.25) is 0 Å². The van der Waals surface area contributed by atoms with Crippen molar-refractivity contribution >= 4 is 18.3 Å². The number of halogens is 3. The summed E-state index contributed by atoms with van der Waals surface area (Å²) >= 11 is 3.94. The van der Waals surface area contributed by atoms with Crippen LogP contribution in [0.2, 0.25) is 0 Å². The molecule has 2 nitrogen and oxygen atoms in total. The molecule has 0 fully saturated rings. The molecule has 0 aliphatic carbocycles. The van der Waals surface area contributed by atoms with Crippen LogP contribution in [0.15, 0.2) is 47.4 Å². The van der Waals surface area contributed by atoms with Crippen LogP contribution in [0.1, 0.15) is 11.1 Å². The number of para-hydroxylation sites is 1. The Kier molecular flexibility index (Phi) is 4.67. The highest BCUT2D eigenvalue weighted by Gasteiger charge is 2.34. The topological polar surface area (TPSA) is 21.3 Å². The lowest BCUT2D eigenvalue weighted by atomic mass is 10.1. The van der Waals surface area contributed by atoms with Gasteiger partial charge >= 0.3 is 6.18 Å².